The molecular weight excluding hydrogens is 585 g/mol. The van der Waals surface area contributed by atoms with Crippen molar-refractivity contribution in [1.29, 1.82) is 10.5 Å². The first-order chi connectivity index (χ1) is 23.7. The van der Waals surface area contributed by atoms with Crippen molar-refractivity contribution in [3.63, 3.8) is 0 Å². The number of rotatable bonds is 4. The minimum absolute atomic E-state index is 0.458. The van der Waals surface area contributed by atoms with E-state index in [0.29, 0.717) is 11.1 Å². The molecule has 0 aliphatic rings. The van der Waals surface area contributed by atoms with Gasteiger partial charge in [-0.1, -0.05) is 78.9 Å². The Bertz CT molecular complexity index is 2760. The predicted octanol–water partition coefficient (Wildman–Crippen LogP) is 11.0. The van der Waals surface area contributed by atoms with E-state index in [9.17, 15) is 10.5 Å². The van der Waals surface area contributed by atoms with Gasteiger partial charge in [-0.15, -0.1) is 0 Å². The SMILES string of the molecule is N#Cc1cc(C#N)cc(-c2cc3c(cc2-c2ccc4c(c2)c2ccccc2n4-c2ccccc2)c2ccccc2n3-c2ccccc2)c1. The molecule has 0 saturated heterocycles. The summed E-state index contributed by atoms with van der Waals surface area (Å²) in [5.74, 6) is 0. The van der Waals surface area contributed by atoms with Gasteiger partial charge in [0, 0.05) is 32.9 Å². The zero-order valence-electron chi connectivity index (χ0n) is 25.8. The first-order valence-corrected chi connectivity index (χ1v) is 15.9. The van der Waals surface area contributed by atoms with Crippen LogP contribution in [-0.4, -0.2) is 9.13 Å². The Balaban J connectivity index is 1.39. The molecule has 4 nitrogen and oxygen atoms in total. The molecule has 48 heavy (non-hydrogen) atoms. The number of para-hydroxylation sites is 4. The van der Waals surface area contributed by atoms with Gasteiger partial charge in [0.1, 0.15) is 0 Å². The average Bonchev–Trinajstić information content (AvgIpc) is 3.66. The third kappa shape index (κ3) is 4.22. The van der Waals surface area contributed by atoms with Crippen LogP contribution in [0.25, 0.3) is 77.2 Å². The molecule has 9 aromatic rings. The Morgan fingerprint density at radius 1 is 0.354 bits per heavy atom. The topological polar surface area (TPSA) is 57.4 Å². The molecule has 0 atom stereocenters. The summed E-state index contributed by atoms with van der Waals surface area (Å²) < 4.78 is 4.62. The molecule has 0 amide bonds. The van der Waals surface area contributed by atoms with E-state index in [2.05, 4.69) is 149 Å². The van der Waals surface area contributed by atoms with Gasteiger partial charge in [0.05, 0.1) is 45.3 Å². The van der Waals surface area contributed by atoms with Gasteiger partial charge in [-0.2, -0.15) is 10.5 Å². The second-order valence-corrected chi connectivity index (χ2v) is 12.0. The summed E-state index contributed by atoms with van der Waals surface area (Å²) in [6.07, 6.45) is 0. The molecule has 0 saturated carbocycles. The summed E-state index contributed by atoms with van der Waals surface area (Å²) in [6, 6.07) is 59.1. The van der Waals surface area contributed by atoms with Crippen molar-refractivity contribution in [1.82, 2.24) is 9.13 Å². The minimum atomic E-state index is 0.458. The Morgan fingerprint density at radius 3 is 1.42 bits per heavy atom. The van der Waals surface area contributed by atoms with Crippen LogP contribution in [0, 0.1) is 22.7 Å². The first kappa shape index (κ1) is 27.4. The van der Waals surface area contributed by atoms with E-state index in [1.54, 1.807) is 6.07 Å². The number of aromatic nitrogens is 2. The molecule has 0 fully saturated rings. The fourth-order valence-corrected chi connectivity index (χ4v) is 7.26. The highest BCUT2D eigenvalue weighted by atomic mass is 15.0. The molecule has 0 bridgehead atoms. The number of fused-ring (bicyclic) bond motifs is 6. The molecular formula is C44H26N4. The fraction of sp³-hybridized carbons (Fsp3) is 0. The Kier molecular flexibility index (Phi) is 6.22. The summed E-state index contributed by atoms with van der Waals surface area (Å²) in [7, 11) is 0. The zero-order valence-corrected chi connectivity index (χ0v) is 25.8. The van der Waals surface area contributed by atoms with Gasteiger partial charge in [-0.3, -0.25) is 0 Å². The lowest BCUT2D eigenvalue weighted by Gasteiger charge is -2.15. The molecule has 7 aromatic carbocycles. The molecule has 0 radical (unpaired) electrons. The van der Waals surface area contributed by atoms with Crippen LogP contribution in [0.2, 0.25) is 0 Å². The summed E-state index contributed by atoms with van der Waals surface area (Å²) in [6.45, 7) is 0. The second kappa shape index (κ2) is 10.9. The minimum Gasteiger partial charge on any atom is -0.309 e. The van der Waals surface area contributed by atoms with E-state index >= 15 is 0 Å². The maximum atomic E-state index is 9.92. The van der Waals surface area contributed by atoms with Gasteiger partial charge in [-0.05, 0) is 101 Å². The molecule has 0 aliphatic carbocycles. The highest BCUT2D eigenvalue weighted by molar-refractivity contribution is 6.14. The van der Waals surface area contributed by atoms with Crippen LogP contribution in [0.1, 0.15) is 11.1 Å². The quantitative estimate of drug-likeness (QED) is 0.199. The molecule has 2 heterocycles. The molecule has 0 spiro atoms. The van der Waals surface area contributed by atoms with Crippen molar-refractivity contribution in [3.8, 4) is 45.8 Å². The summed E-state index contributed by atoms with van der Waals surface area (Å²) in [4.78, 5) is 0. The van der Waals surface area contributed by atoms with Gasteiger partial charge in [-0.25, -0.2) is 0 Å². The maximum absolute atomic E-state index is 9.92. The van der Waals surface area contributed by atoms with Crippen molar-refractivity contribution in [2.45, 2.75) is 0 Å². The van der Waals surface area contributed by atoms with Crippen LogP contribution < -0.4 is 0 Å². The summed E-state index contributed by atoms with van der Waals surface area (Å²) in [5, 5.41) is 24.5. The maximum Gasteiger partial charge on any atom is 0.0992 e. The average molecular weight is 611 g/mol. The molecule has 222 valence electrons. The predicted molar refractivity (Wildman–Crippen MR) is 195 cm³/mol. The number of nitrogens with zero attached hydrogens (tertiary/aromatic N) is 4. The number of nitriles is 2. The monoisotopic (exact) mass is 610 g/mol. The van der Waals surface area contributed by atoms with Crippen molar-refractivity contribution >= 4 is 43.6 Å². The van der Waals surface area contributed by atoms with Crippen LogP contribution in [0.3, 0.4) is 0 Å². The number of hydrogen-bond donors (Lipinski definition) is 0. The van der Waals surface area contributed by atoms with E-state index in [0.717, 1.165) is 71.9 Å². The zero-order chi connectivity index (χ0) is 32.2. The van der Waals surface area contributed by atoms with E-state index in [-0.39, 0.29) is 0 Å². The van der Waals surface area contributed by atoms with Crippen molar-refractivity contribution in [2.24, 2.45) is 0 Å². The smallest absolute Gasteiger partial charge is 0.0992 e. The van der Waals surface area contributed by atoms with Crippen LogP contribution in [0.4, 0.5) is 0 Å². The van der Waals surface area contributed by atoms with E-state index in [4.69, 9.17) is 0 Å². The lowest BCUT2D eigenvalue weighted by molar-refractivity contribution is 1.18. The number of hydrogen-bond acceptors (Lipinski definition) is 2. The van der Waals surface area contributed by atoms with Crippen LogP contribution in [-0.2, 0) is 0 Å². The van der Waals surface area contributed by atoms with Gasteiger partial charge in [0.2, 0.25) is 0 Å². The molecule has 4 heteroatoms. The van der Waals surface area contributed by atoms with Crippen molar-refractivity contribution in [3.05, 3.63) is 169 Å². The van der Waals surface area contributed by atoms with Crippen LogP contribution in [0.15, 0.2) is 158 Å². The van der Waals surface area contributed by atoms with E-state index in [1.165, 1.54) is 5.39 Å². The standard InChI is InChI=1S/C44H26N4/c45-27-29-21-30(28-46)23-32(22-29)38-26-44-40(36-16-8-10-18-42(36)48(44)34-13-5-2-6-14-34)25-37(38)31-19-20-43-39(24-31)35-15-7-9-17-41(35)47(43)33-11-3-1-4-12-33/h1-26H. The normalized spacial score (nSPS) is 11.3. The summed E-state index contributed by atoms with van der Waals surface area (Å²) >= 11 is 0. The second-order valence-electron chi connectivity index (χ2n) is 12.0. The van der Waals surface area contributed by atoms with Crippen LogP contribution >= 0.6 is 0 Å². The molecule has 0 aliphatic heterocycles. The lowest BCUT2D eigenvalue weighted by Crippen LogP contribution is -1.95. The third-order valence-corrected chi connectivity index (χ3v) is 9.33. The van der Waals surface area contributed by atoms with Crippen LogP contribution in [0.5, 0.6) is 0 Å². The fourth-order valence-electron chi connectivity index (χ4n) is 7.26. The number of benzene rings is 7. The molecule has 0 unspecified atom stereocenters. The third-order valence-electron chi connectivity index (χ3n) is 9.33. The van der Waals surface area contributed by atoms with Crippen molar-refractivity contribution < 1.29 is 0 Å². The molecule has 2 aromatic heterocycles. The highest BCUT2D eigenvalue weighted by Crippen LogP contribution is 2.43. The van der Waals surface area contributed by atoms with E-state index in [1.807, 2.05) is 24.3 Å². The van der Waals surface area contributed by atoms with Gasteiger partial charge in [0.25, 0.3) is 0 Å². The van der Waals surface area contributed by atoms with Gasteiger partial charge >= 0.3 is 0 Å². The Hall–Kier alpha value is -6.88. The largest absolute Gasteiger partial charge is 0.309 e. The highest BCUT2D eigenvalue weighted by Gasteiger charge is 2.20. The molecule has 0 N–H and O–H groups in total. The molecule has 9 rings (SSSR count). The lowest BCUT2D eigenvalue weighted by atomic mass is 9.90. The van der Waals surface area contributed by atoms with Crippen molar-refractivity contribution in [2.75, 3.05) is 0 Å². The Labute approximate surface area is 277 Å². The Morgan fingerprint density at radius 2 is 0.833 bits per heavy atom. The van der Waals surface area contributed by atoms with Gasteiger partial charge in [0.15, 0.2) is 0 Å². The van der Waals surface area contributed by atoms with E-state index < -0.39 is 0 Å². The first-order valence-electron chi connectivity index (χ1n) is 15.9. The van der Waals surface area contributed by atoms with Gasteiger partial charge < -0.3 is 9.13 Å². The summed E-state index contributed by atoms with van der Waals surface area (Å²) in [5.41, 5.74) is 11.5.